The predicted molar refractivity (Wildman–Crippen MR) is 222 cm³/mol. The number of benzene rings is 4. The highest BCUT2D eigenvalue weighted by molar-refractivity contribution is 6.25. The predicted octanol–water partition coefficient (Wildman–Crippen LogP) is 4.82. The number of amides is 6. The molecule has 16 heteroatoms. The molecule has 16 nitrogen and oxygen atoms in total. The van der Waals surface area contributed by atoms with E-state index >= 15 is 0 Å². The first-order valence-electron chi connectivity index (χ1n) is 19.5. The van der Waals surface area contributed by atoms with Crippen LogP contribution < -0.4 is 26.6 Å². The number of rotatable bonds is 14. The second-order valence-electron chi connectivity index (χ2n) is 14.4. The Morgan fingerprint density at radius 3 is 2.45 bits per heavy atom. The fraction of sp³-hybridized carbons (Fsp3) is 0.205. The Labute approximate surface area is 343 Å². The van der Waals surface area contributed by atoms with Gasteiger partial charge in [-0.3, -0.25) is 48.6 Å². The van der Waals surface area contributed by atoms with Crippen LogP contribution in [0.1, 0.15) is 72.8 Å². The number of unbranched alkanes of at least 4 members (excludes halogenated alkanes) is 1. The van der Waals surface area contributed by atoms with Crippen LogP contribution in [0.5, 0.6) is 0 Å². The van der Waals surface area contributed by atoms with Gasteiger partial charge in [-0.15, -0.1) is 5.10 Å². The van der Waals surface area contributed by atoms with Gasteiger partial charge >= 0.3 is 0 Å². The normalized spacial score (nSPS) is 14.8. The lowest BCUT2D eigenvalue weighted by Crippen LogP contribution is -2.54. The first-order valence-corrected chi connectivity index (χ1v) is 19.5. The maximum Gasteiger partial charge on any atom is 0.264 e. The number of carbonyl (C=O) groups excluding carboxylic acids is 6. The van der Waals surface area contributed by atoms with Gasteiger partial charge in [0.2, 0.25) is 11.8 Å². The van der Waals surface area contributed by atoms with Crippen molar-refractivity contribution in [1.29, 1.82) is 0 Å². The van der Waals surface area contributed by atoms with Crippen LogP contribution >= 0.6 is 0 Å². The van der Waals surface area contributed by atoms with Crippen LogP contribution in [-0.4, -0.2) is 80.0 Å². The molecule has 2 aromatic heterocycles. The zero-order valence-corrected chi connectivity index (χ0v) is 32.5. The molecule has 1 atom stereocenters. The summed E-state index contributed by atoms with van der Waals surface area (Å²) in [5.74, 6) is -2.70. The Kier molecular flexibility index (Phi) is 11.1. The first-order chi connectivity index (χ1) is 29.2. The molecule has 302 valence electrons. The largest absolute Gasteiger partial charge is 0.379 e. The number of aromatic nitrogens is 4. The van der Waals surface area contributed by atoms with E-state index in [1.54, 1.807) is 54.5 Å². The van der Waals surface area contributed by atoms with Crippen molar-refractivity contribution in [2.45, 2.75) is 44.8 Å². The molecule has 6 aromatic rings. The Hall–Kier alpha value is -7.75. The molecule has 2 aliphatic heterocycles. The monoisotopic (exact) mass is 804 g/mol. The number of aryl methyl sites for hydroxylation is 1. The SMILES string of the molecule is CNC(=O)c1cnc2ccc(-c3ccc(C(=O)NCCCCn4cc(CNc5cccc6c5C(=O)N(C5CCC(=O)NC5=O)C6=O)nn4)cc3)cc2c1Nc1ccccc1. The Morgan fingerprint density at radius 2 is 1.67 bits per heavy atom. The zero-order chi connectivity index (χ0) is 41.8. The van der Waals surface area contributed by atoms with Crippen LogP contribution in [-0.2, 0) is 22.7 Å². The molecule has 6 amide bonds. The second-order valence-corrected chi connectivity index (χ2v) is 14.4. The molecule has 60 heavy (non-hydrogen) atoms. The summed E-state index contributed by atoms with van der Waals surface area (Å²) >= 11 is 0. The molecule has 0 radical (unpaired) electrons. The molecule has 2 aliphatic rings. The summed E-state index contributed by atoms with van der Waals surface area (Å²) in [6, 6.07) is 26.7. The molecule has 0 saturated carbocycles. The molecule has 4 heterocycles. The number of anilines is 3. The van der Waals surface area contributed by atoms with Crippen LogP contribution in [0.2, 0.25) is 0 Å². The Bertz CT molecular complexity index is 2660. The van der Waals surface area contributed by atoms with Crippen molar-refractivity contribution in [1.82, 2.24) is 40.8 Å². The van der Waals surface area contributed by atoms with Crippen LogP contribution in [0.25, 0.3) is 22.0 Å². The van der Waals surface area contributed by atoms with Crippen molar-refractivity contribution in [3.8, 4) is 11.1 Å². The van der Waals surface area contributed by atoms with Crippen LogP contribution in [0, 0.1) is 0 Å². The lowest BCUT2D eigenvalue weighted by molar-refractivity contribution is -0.136. The molecular formula is C44H40N10O6. The van der Waals surface area contributed by atoms with Crippen molar-refractivity contribution >= 4 is 63.4 Å². The number of carbonyl (C=O) groups is 6. The number of pyridine rings is 1. The molecule has 0 bridgehead atoms. The molecule has 0 spiro atoms. The van der Waals surface area contributed by atoms with E-state index in [1.165, 1.54) is 0 Å². The number of hydrogen-bond acceptors (Lipinski definition) is 11. The van der Waals surface area contributed by atoms with Gasteiger partial charge in [0.25, 0.3) is 23.6 Å². The van der Waals surface area contributed by atoms with E-state index in [0.717, 1.165) is 39.0 Å². The highest BCUT2D eigenvalue weighted by Crippen LogP contribution is 2.34. The van der Waals surface area contributed by atoms with Gasteiger partial charge in [-0.25, -0.2) is 0 Å². The number of nitrogens with zero attached hydrogens (tertiary/aromatic N) is 5. The van der Waals surface area contributed by atoms with Crippen molar-refractivity contribution in [3.05, 3.63) is 131 Å². The highest BCUT2D eigenvalue weighted by Gasteiger charge is 2.45. The van der Waals surface area contributed by atoms with E-state index in [0.29, 0.717) is 47.7 Å². The molecule has 1 fully saturated rings. The number of imide groups is 2. The lowest BCUT2D eigenvalue weighted by atomic mass is 9.99. The van der Waals surface area contributed by atoms with E-state index in [4.69, 9.17) is 0 Å². The molecule has 1 unspecified atom stereocenters. The van der Waals surface area contributed by atoms with Gasteiger partial charge in [-0.1, -0.05) is 47.7 Å². The Balaban J connectivity index is 0.826. The number of fused-ring (bicyclic) bond motifs is 2. The standard InChI is InChI=1S/C44H40N10O6/c1-45-41(57)33-24-48-34-17-16-28(22-32(34)39(33)49-29-8-3-2-4-9-29)26-12-14-27(15-13-26)40(56)46-20-5-6-21-53-25-30(51-52-53)23-47-35-11-7-10-31-38(35)44(60)54(43(31)59)36-18-19-37(55)50-42(36)58/h2-4,7-17,22,24-25,36,47H,5-6,18-21,23H2,1H3,(H,45,57)(H,46,56)(H,48,49)(H,50,55,58). The van der Waals surface area contributed by atoms with Gasteiger partial charge in [-0.05, 0) is 78.9 Å². The lowest BCUT2D eigenvalue weighted by Gasteiger charge is -2.27. The summed E-state index contributed by atoms with van der Waals surface area (Å²) in [6.45, 7) is 1.27. The van der Waals surface area contributed by atoms with Crippen molar-refractivity contribution in [2.75, 3.05) is 24.2 Å². The maximum atomic E-state index is 13.4. The van der Waals surface area contributed by atoms with Crippen LogP contribution in [0.3, 0.4) is 0 Å². The maximum absolute atomic E-state index is 13.4. The van der Waals surface area contributed by atoms with Gasteiger partial charge in [0.05, 0.1) is 40.6 Å². The fourth-order valence-corrected chi connectivity index (χ4v) is 7.37. The van der Waals surface area contributed by atoms with Gasteiger partial charge in [-0.2, -0.15) is 0 Å². The second kappa shape index (κ2) is 17.0. The van der Waals surface area contributed by atoms with E-state index < -0.39 is 29.7 Å². The van der Waals surface area contributed by atoms with Crippen LogP contribution in [0.4, 0.5) is 17.1 Å². The van der Waals surface area contributed by atoms with Gasteiger partial charge in [0.1, 0.15) is 11.7 Å². The van der Waals surface area contributed by atoms with E-state index in [-0.39, 0.29) is 42.3 Å². The topological polar surface area (TPSA) is 209 Å². The number of nitrogens with one attached hydrogen (secondary N) is 5. The van der Waals surface area contributed by atoms with Crippen molar-refractivity contribution in [2.24, 2.45) is 0 Å². The van der Waals surface area contributed by atoms with Gasteiger partial charge in [0, 0.05) is 55.1 Å². The third-order valence-corrected chi connectivity index (χ3v) is 10.5. The van der Waals surface area contributed by atoms with E-state index in [2.05, 4.69) is 41.9 Å². The molecule has 1 saturated heterocycles. The molecule has 8 rings (SSSR count). The van der Waals surface area contributed by atoms with Gasteiger partial charge in [0.15, 0.2) is 0 Å². The number of piperidine rings is 1. The zero-order valence-electron chi connectivity index (χ0n) is 32.5. The summed E-state index contributed by atoms with van der Waals surface area (Å²) in [6.07, 6.45) is 4.91. The average molecular weight is 805 g/mol. The van der Waals surface area contributed by atoms with Crippen molar-refractivity contribution < 1.29 is 28.8 Å². The summed E-state index contributed by atoms with van der Waals surface area (Å²) in [4.78, 5) is 81.8. The highest BCUT2D eigenvalue weighted by atomic mass is 16.2. The van der Waals surface area contributed by atoms with Crippen LogP contribution in [0.15, 0.2) is 103 Å². The average Bonchev–Trinajstić information content (AvgIpc) is 3.83. The third kappa shape index (κ3) is 8.02. The fourth-order valence-electron chi connectivity index (χ4n) is 7.37. The van der Waals surface area contributed by atoms with E-state index in [1.807, 2.05) is 60.7 Å². The molecule has 5 N–H and O–H groups in total. The minimum Gasteiger partial charge on any atom is -0.379 e. The number of hydrogen-bond donors (Lipinski definition) is 5. The molecule has 4 aromatic carbocycles. The smallest absolute Gasteiger partial charge is 0.264 e. The minimum atomic E-state index is -1.05. The summed E-state index contributed by atoms with van der Waals surface area (Å²) in [5, 5.41) is 23.7. The molecular weight excluding hydrogens is 765 g/mol. The first kappa shape index (κ1) is 39.1. The van der Waals surface area contributed by atoms with Gasteiger partial charge < -0.3 is 21.3 Å². The quantitative estimate of drug-likeness (QED) is 0.0745. The molecule has 0 aliphatic carbocycles. The number of para-hydroxylation sites is 1. The van der Waals surface area contributed by atoms with E-state index in [9.17, 15) is 28.8 Å². The summed E-state index contributed by atoms with van der Waals surface area (Å²) < 4.78 is 1.70. The van der Waals surface area contributed by atoms with Crippen molar-refractivity contribution in [3.63, 3.8) is 0 Å². The summed E-state index contributed by atoms with van der Waals surface area (Å²) in [7, 11) is 1.59. The summed E-state index contributed by atoms with van der Waals surface area (Å²) in [5.41, 5.74) is 6.37. The third-order valence-electron chi connectivity index (χ3n) is 10.5. The minimum absolute atomic E-state index is 0.0437. The Morgan fingerprint density at radius 1 is 0.867 bits per heavy atom.